The molecular formula is C12H20BrN3O2. The monoisotopic (exact) mass is 317 g/mol. The summed E-state index contributed by atoms with van der Waals surface area (Å²) in [5, 5.41) is 14.6. The zero-order valence-corrected chi connectivity index (χ0v) is 12.5. The van der Waals surface area contributed by atoms with E-state index < -0.39 is 6.10 Å². The van der Waals surface area contributed by atoms with Gasteiger partial charge in [0.25, 0.3) is 0 Å². The van der Waals surface area contributed by atoms with Crippen LogP contribution in [0.4, 0.5) is 0 Å². The van der Waals surface area contributed by atoms with E-state index in [4.69, 9.17) is 4.74 Å². The predicted molar refractivity (Wildman–Crippen MR) is 72.5 cm³/mol. The fraction of sp³-hybridized carbons (Fsp3) is 0.750. The first kappa shape index (κ1) is 14.0. The van der Waals surface area contributed by atoms with Gasteiger partial charge in [-0.1, -0.05) is 0 Å². The maximum atomic E-state index is 10.2. The molecule has 2 rings (SSSR count). The number of ether oxygens (including phenoxy) is 1. The number of aliphatic hydroxyl groups is 1. The number of aryl methyl sites for hydroxylation is 1. The summed E-state index contributed by atoms with van der Waals surface area (Å²) in [6.07, 6.45) is 0.191. The van der Waals surface area contributed by atoms with Crippen molar-refractivity contribution in [3.8, 4) is 0 Å². The molecule has 1 aromatic rings. The second kappa shape index (κ2) is 6.14. The van der Waals surface area contributed by atoms with E-state index in [2.05, 4.69) is 25.9 Å². The van der Waals surface area contributed by atoms with Crippen molar-refractivity contribution in [2.45, 2.75) is 19.4 Å². The van der Waals surface area contributed by atoms with Gasteiger partial charge in [0.15, 0.2) is 0 Å². The second-order valence-corrected chi connectivity index (χ2v) is 5.46. The molecule has 1 N–H and O–H groups in total. The predicted octanol–water partition coefficient (Wildman–Crippen LogP) is 1.25. The van der Waals surface area contributed by atoms with Gasteiger partial charge in [-0.15, -0.1) is 0 Å². The van der Waals surface area contributed by atoms with Crippen LogP contribution in [0.5, 0.6) is 0 Å². The van der Waals surface area contributed by atoms with Gasteiger partial charge in [-0.3, -0.25) is 9.58 Å². The number of hydrogen-bond acceptors (Lipinski definition) is 4. The Bertz CT molecular complexity index is 402. The first-order valence-corrected chi connectivity index (χ1v) is 7.06. The standard InChI is InChI=1S/C12H20BrN3O2/c1-9-11(13)12(14-15(9)2)10(17)3-4-16-5-7-18-8-6-16/h10,17H,3-8H2,1-2H3/t10-/m1/s1. The molecule has 0 amide bonds. The third-order valence-corrected chi connectivity index (χ3v) is 4.40. The highest BCUT2D eigenvalue weighted by atomic mass is 79.9. The summed E-state index contributed by atoms with van der Waals surface area (Å²) in [7, 11) is 1.89. The number of hydrogen-bond donors (Lipinski definition) is 1. The normalized spacial score (nSPS) is 19.1. The van der Waals surface area contributed by atoms with Gasteiger partial charge >= 0.3 is 0 Å². The molecule has 1 atom stereocenters. The van der Waals surface area contributed by atoms with Gasteiger partial charge in [0, 0.05) is 32.4 Å². The number of halogens is 1. The number of aliphatic hydroxyl groups excluding tert-OH is 1. The minimum atomic E-state index is -0.512. The molecule has 1 aliphatic rings. The Balaban J connectivity index is 1.90. The van der Waals surface area contributed by atoms with Crippen molar-refractivity contribution < 1.29 is 9.84 Å². The van der Waals surface area contributed by atoms with E-state index in [9.17, 15) is 5.11 Å². The van der Waals surface area contributed by atoms with E-state index in [-0.39, 0.29) is 0 Å². The largest absolute Gasteiger partial charge is 0.387 e. The van der Waals surface area contributed by atoms with Gasteiger partial charge in [0.2, 0.25) is 0 Å². The molecule has 0 radical (unpaired) electrons. The maximum Gasteiger partial charge on any atom is 0.105 e. The third-order valence-electron chi connectivity index (χ3n) is 3.42. The van der Waals surface area contributed by atoms with Crippen LogP contribution in [0, 0.1) is 6.92 Å². The summed E-state index contributed by atoms with van der Waals surface area (Å²) in [4.78, 5) is 2.32. The summed E-state index contributed by atoms with van der Waals surface area (Å²) in [5.74, 6) is 0. The molecule has 102 valence electrons. The fourth-order valence-electron chi connectivity index (χ4n) is 2.09. The fourth-order valence-corrected chi connectivity index (χ4v) is 2.69. The maximum absolute atomic E-state index is 10.2. The van der Waals surface area contributed by atoms with E-state index in [0.29, 0.717) is 6.42 Å². The molecule has 2 heterocycles. The average Bonchev–Trinajstić information content (AvgIpc) is 2.65. The zero-order valence-electron chi connectivity index (χ0n) is 10.9. The molecule has 0 spiro atoms. The summed E-state index contributed by atoms with van der Waals surface area (Å²) in [6, 6.07) is 0. The quantitative estimate of drug-likeness (QED) is 0.908. The molecule has 0 unspecified atom stereocenters. The van der Waals surface area contributed by atoms with Crippen LogP contribution >= 0.6 is 15.9 Å². The highest BCUT2D eigenvalue weighted by molar-refractivity contribution is 9.10. The van der Waals surface area contributed by atoms with Gasteiger partial charge in [-0.25, -0.2) is 0 Å². The SMILES string of the molecule is Cc1c(Br)c([C@H](O)CCN2CCOCC2)nn1C. The highest BCUT2D eigenvalue weighted by Gasteiger charge is 2.19. The molecule has 1 aliphatic heterocycles. The van der Waals surface area contributed by atoms with Crippen LogP contribution < -0.4 is 0 Å². The molecule has 5 nitrogen and oxygen atoms in total. The Kier molecular flexibility index (Phi) is 4.77. The summed E-state index contributed by atoms with van der Waals surface area (Å²) >= 11 is 3.49. The summed E-state index contributed by atoms with van der Waals surface area (Å²) in [6.45, 7) is 6.36. The van der Waals surface area contributed by atoms with Crippen molar-refractivity contribution in [3.05, 3.63) is 15.9 Å². The van der Waals surface area contributed by atoms with Crippen LogP contribution in [0.2, 0.25) is 0 Å². The number of rotatable bonds is 4. The summed E-state index contributed by atoms with van der Waals surface area (Å²) in [5.41, 5.74) is 1.78. The van der Waals surface area contributed by atoms with Crippen LogP contribution in [0.15, 0.2) is 4.47 Å². The molecule has 0 saturated carbocycles. The first-order valence-electron chi connectivity index (χ1n) is 6.26. The molecule has 0 aromatic carbocycles. The Morgan fingerprint density at radius 1 is 1.44 bits per heavy atom. The lowest BCUT2D eigenvalue weighted by molar-refractivity contribution is 0.0296. The lowest BCUT2D eigenvalue weighted by atomic mass is 10.1. The van der Waals surface area contributed by atoms with Gasteiger partial charge < -0.3 is 9.84 Å². The van der Waals surface area contributed by atoms with Crippen LogP contribution in [0.1, 0.15) is 23.9 Å². The van der Waals surface area contributed by atoms with Crippen LogP contribution in [-0.2, 0) is 11.8 Å². The molecule has 0 bridgehead atoms. The topological polar surface area (TPSA) is 50.5 Å². The Morgan fingerprint density at radius 2 is 2.11 bits per heavy atom. The van der Waals surface area contributed by atoms with Crippen molar-refractivity contribution in [3.63, 3.8) is 0 Å². The molecule has 1 fully saturated rings. The number of morpholine rings is 1. The minimum absolute atomic E-state index is 0.512. The van der Waals surface area contributed by atoms with Crippen molar-refractivity contribution in [1.82, 2.24) is 14.7 Å². The third kappa shape index (κ3) is 3.12. The van der Waals surface area contributed by atoms with E-state index in [1.165, 1.54) is 0 Å². The van der Waals surface area contributed by atoms with Crippen molar-refractivity contribution in [2.24, 2.45) is 7.05 Å². The number of nitrogens with zero attached hydrogens (tertiary/aromatic N) is 3. The lowest BCUT2D eigenvalue weighted by Gasteiger charge is -2.27. The van der Waals surface area contributed by atoms with E-state index in [1.807, 2.05) is 14.0 Å². The van der Waals surface area contributed by atoms with Crippen LogP contribution in [0.3, 0.4) is 0 Å². The van der Waals surface area contributed by atoms with E-state index in [1.54, 1.807) is 4.68 Å². The second-order valence-electron chi connectivity index (χ2n) is 4.67. The van der Waals surface area contributed by atoms with Gasteiger partial charge in [0.05, 0.1) is 17.7 Å². The van der Waals surface area contributed by atoms with Gasteiger partial charge in [-0.2, -0.15) is 5.10 Å². The Hall–Kier alpha value is -0.430. The van der Waals surface area contributed by atoms with E-state index in [0.717, 1.165) is 48.7 Å². The highest BCUT2D eigenvalue weighted by Crippen LogP contribution is 2.27. The first-order chi connectivity index (χ1) is 8.59. The Morgan fingerprint density at radius 3 is 2.67 bits per heavy atom. The van der Waals surface area contributed by atoms with Crippen LogP contribution in [0.25, 0.3) is 0 Å². The minimum Gasteiger partial charge on any atom is -0.387 e. The van der Waals surface area contributed by atoms with Crippen molar-refractivity contribution >= 4 is 15.9 Å². The molecule has 0 aliphatic carbocycles. The average molecular weight is 318 g/mol. The van der Waals surface area contributed by atoms with E-state index >= 15 is 0 Å². The smallest absolute Gasteiger partial charge is 0.105 e. The molecule has 6 heteroatoms. The van der Waals surface area contributed by atoms with Crippen molar-refractivity contribution in [2.75, 3.05) is 32.8 Å². The molecular weight excluding hydrogens is 298 g/mol. The zero-order chi connectivity index (χ0) is 13.1. The summed E-state index contributed by atoms with van der Waals surface area (Å²) < 4.78 is 8.01. The molecule has 1 saturated heterocycles. The number of aromatic nitrogens is 2. The van der Waals surface area contributed by atoms with Crippen molar-refractivity contribution in [1.29, 1.82) is 0 Å². The molecule has 18 heavy (non-hydrogen) atoms. The van der Waals surface area contributed by atoms with Gasteiger partial charge in [0.1, 0.15) is 11.8 Å². The lowest BCUT2D eigenvalue weighted by Crippen LogP contribution is -2.37. The van der Waals surface area contributed by atoms with Crippen LogP contribution in [-0.4, -0.2) is 52.6 Å². The Labute approximate surface area is 116 Å². The molecule has 1 aromatic heterocycles. The van der Waals surface area contributed by atoms with Gasteiger partial charge in [-0.05, 0) is 29.3 Å².